The largest absolute Gasteiger partial charge is 0.462 e. The summed E-state index contributed by atoms with van der Waals surface area (Å²) in [6.07, 6.45) is -0.155. The first-order valence-electron chi connectivity index (χ1n) is 5.58. The van der Waals surface area contributed by atoms with E-state index >= 15 is 0 Å². The van der Waals surface area contributed by atoms with E-state index in [0.29, 0.717) is 5.75 Å². The molecule has 3 nitrogen and oxygen atoms in total. The smallest absolute Gasteiger partial charge is 0.318 e. The van der Waals surface area contributed by atoms with E-state index in [1.165, 1.54) is 0 Å². The highest BCUT2D eigenvalue weighted by Crippen LogP contribution is 2.10. The van der Waals surface area contributed by atoms with Crippen molar-refractivity contribution in [2.75, 3.05) is 5.75 Å². The zero-order chi connectivity index (χ0) is 12.8. The quantitative estimate of drug-likeness (QED) is 0.757. The van der Waals surface area contributed by atoms with Crippen LogP contribution in [0, 0.1) is 6.92 Å². The van der Waals surface area contributed by atoms with Crippen LogP contribution < -0.4 is 0 Å². The summed E-state index contributed by atoms with van der Waals surface area (Å²) in [6.45, 7) is 5.53. The van der Waals surface area contributed by atoms with Gasteiger partial charge in [-0.05, 0) is 31.9 Å². The van der Waals surface area contributed by atoms with Crippen molar-refractivity contribution in [1.82, 2.24) is 0 Å². The second-order valence-electron chi connectivity index (χ2n) is 4.19. The van der Waals surface area contributed by atoms with Gasteiger partial charge in [-0.2, -0.15) is 0 Å². The van der Waals surface area contributed by atoms with Crippen LogP contribution in [0.1, 0.15) is 25.0 Å². The van der Waals surface area contributed by atoms with E-state index in [0.717, 1.165) is 11.1 Å². The summed E-state index contributed by atoms with van der Waals surface area (Å²) >= 11 is 0. The van der Waals surface area contributed by atoms with Crippen LogP contribution in [0.5, 0.6) is 0 Å². The van der Waals surface area contributed by atoms with E-state index in [-0.39, 0.29) is 11.9 Å². The standard InChI is InChI=1S/C13H18O3S/c1-10(2)16-13(14)9-17(15)8-12-7-5-4-6-11(12)3/h4-7,10H,8-9H2,1-3H3. The minimum Gasteiger partial charge on any atom is -0.462 e. The normalized spacial score (nSPS) is 12.5. The Morgan fingerprint density at radius 1 is 1.35 bits per heavy atom. The predicted octanol–water partition coefficient (Wildman–Crippen LogP) is 2.20. The summed E-state index contributed by atoms with van der Waals surface area (Å²) in [6, 6.07) is 7.75. The van der Waals surface area contributed by atoms with Crippen molar-refractivity contribution in [2.24, 2.45) is 0 Å². The summed E-state index contributed by atoms with van der Waals surface area (Å²) in [5.74, 6) is -0.0289. The Morgan fingerprint density at radius 2 is 2.00 bits per heavy atom. The maximum atomic E-state index is 11.8. The zero-order valence-corrected chi connectivity index (χ0v) is 11.3. The minimum absolute atomic E-state index is 0.0352. The molecule has 1 aromatic carbocycles. The van der Waals surface area contributed by atoms with Gasteiger partial charge in [-0.15, -0.1) is 0 Å². The van der Waals surface area contributed by atoms with Crippen LogP contribution in [0.25, 0.3) is 0 Å². The van der Waals surface area contributed by atoms with Crippen molar-refractivity contribution < 1.29 is 13.7 Å². The Labute approximate surface area is 105 Å². The van der Waals surface area contributed by atoms with Crippen LogP contribution in [-0.4, -0.2) is 22.0 Å². The minimum atomic E-state index is -1.20. The van der Waals surface area contributed by atoms with Gasteiger partial charge in [-0.1, -0.05) is 24.3 Å². The second-order valence-corrected chi connectivity index (χ2v) is 5.65. The lowest BCUT2D eigenvalue weighted by Crippen LogP contribution is -2.19. The Bertz CT molecular complexity index is 413. The van der Waals surface area contributed by atoms with Crippen molar-refractivity contribution in [3.8, 4) is 0 Å². The molecule has 0 fully saturated rings. The molecule has 0 spiro atoms. The molecule has 0 radical (unpaired) electrons. The van der Waals surface area contributed by atoms with Crippen LogP contribution >= 0.6 is 0 Å². The first kappa shape index (κ1) is 13.9. The average molecular weight is 254 g/mol. The molecule has 1 unspecified atom stereocenters. The van der Waals surface area contributed by atoms with Crippen LogP contribution in [0.4, 0.5) is 0 Å². The number of esters is 1. The van der Waals surface area contributed by atoms with E-state index < -0.39 is 16.8 Å². The molecule has 1 atom stereocenters. The molecule has 0 N–H and O–H groups in total. The predicted molar refractivity (Wildman–Crippen MR) is 69.1 cm³/mol. The molecule has 1 rings (SSSR count). The van der Waals surface area contributed by atoms with Crippen molar-refractivity contribution in [1.29, 1.82) is 0 Å². The van der Waals surface area contributed by atoms with Crippen molar-refractivity contribution in [3.63, 3.8) is 0 Å². The fourth-order valence-corrected chi connectivity index (χ4v) is 2.53. The number of benzene rings is 1. The van der Waals surface area contributed by atoms with Gasteiger partial charge in [-0.25, -0.2) is 0 Å². The van der Waals surface area contributed by atoms with Gasteiger partial charge < -0.3 is 4.74 Å². The lowest BCUT2D eigenvalue weighted by Gasteiger charge is -2.08. The monoisotopic (exact) mass is 254 g/mol. The third-order valence-electron chi connectivity index (χ3n) is 2.22. The summed E-state index contributed by atoms with van der Waals surface area (Å²) in [7, 11) is -1.20. The molecule has 1 aromatic rings. The van der Waals surface area contributed by atoms with Gasteiger partial charge >= 0.3 is 5.97 Å². The zero-order valence-electron chi connectivity index (χ0n) is 10.4. The van der Waals surface area contributed by atoms with Crippen molar-refractivity contribution in [2.45, 2.75) is 32.6 Å². The second kappa shape index (κ2) is 6.55. The van der Waals surface area contributed by atoms with Gasteiger partial charge in [0.05, 0.1) is 6.10 Å². The van der Waals surface area contributed by atoms with Gasteiger partial charge in [0.15, 0.2) is 0 Å². The van der Waals surface area contributed by atoms with E-state index in [4.69, 9.17) is 4.74 Å². The molecule has 0 amide bonds. The summed E-state index contributed by atoms with van der Waals surface area (Å²) in [5.41, 5.74) is 2.11. The third-order valence-corrected chi connectivity index (χ3v) is 3.41. The average Bonchev–Trinajstić information content (AvgIpc) is 2.19. The molecule has 94 valence electrons. The highest BCUT2D eigenvalue weighted by atomic mass is 32.2. The molecular weight excluding hydrogens is 236 g/mol. The maximum Gasteiger partial charge on any atom is 0.318 e. The number of carbonyl (C=O) groups excluding carboxylic acids is 1. The Hall–Kier alpha value is -1.16. The highest BCUT2D eigenvalue weighted by Gasteiger charge is 2.12. The van der Waals surface area contributed by atoms with Gasteiger partial charge in [-0.3, -0.25) is 9.00 Å². The van der Waals surface area contributed by atoms with Crippen LogP contribution in [-0.2, 0) is 26.1 Å². The third kappa shape index (κ3) is 5.13. The van der Waals surface area contributed by atoms with Crippen LogP contribution in [0.15, 0.2) is 24.3 Å². The molecule has 0 saturated carbocycles. The first-order valence-corrected chi connectivity index (χ1v) is 7.07. The topological polar surface area (TPSA) is 43.4 Å². The number of ether oxygens (including phenoxy) is 1. The van der Waals surface area contributed by atoms with Gasteiger partial charge in [0.2, 0.25) is 0 Å². The Balaban J connectivity index is 2.51. The number of rotatable bonds is 5. The van der Waals surface area contributed by atoms with Crippen LogP contribution in [0.3, 0.4) is 0 Å². The molecule has 0 aliphatic carbocycles. The lowest BCUT2D eigenvalue weighted by atomic mass is 10.1. The molecule has 0 bridgehead atoms. The molecule has 0 heterocycles. The number of hydrogen-bond acceptors (Lipinski definition) is 3. The fraction of sp³-hybridized carbons (Fsp3) is 0.462. The van der Waals surface area contributed by atoms with Gasteiger partial charge in [0.25, 0.3) is 0 Å². The van der Waals surface area contributed by atoms with E-state index in [1.807, 2.05) is 31.2 Å². The first-order chi connectivity index (χ1) is 7.99. The number of aryl methyl sites for hydroxylation is 1. The highest BCUT2D eigenvalue weighted by molar-refractivity contribution is 7.84. The van der Waals surface area contributed by atoms with E-state index in [9.17, 15) is 9.00 Å². The molecule has 17 heavy (non-hydrogen) atoms. The molecule has 0 aliphatic rings. The SMILES string of the molecule is Cc1ccccc1CS(=O)CC(=O)OC(C)C. The molecule has 0 aromatic heterocycles. The van der Waals surface area contributed by atoms with Crippen molar-refractivity contribution in [3.05, 3.63) is 35.4 Å². The van der Waals surface area contributed by atoms with Gasteiger partial charge in [0.1, 0.15) is 5.75 Å². The van der Waals surface area contributed by atoms with Crippen molar-refractivity contribution >= 4 is 16.8 Å². The molecule has 4 heteroatoms. The van der Waals surface area contributed by atoms with E-state index in [1.54, 1.807) is 13.8 Å². The number of hydrogen-bond donors (Lipinski definition) is 0. The molecule has 0 saturated heterocycles. The molecule has 0 aliphatic heterocycles. The maximum absolute atomic E-state index is 11.8. The van der Waals surface area contributed by atoms with E-state index in [2.05, 4.69) is 0 Å². The summed E-state index contributed by atoms with van der Waals surface area (Å²) in [5, 5.41) is 0. The van der Waals surface area contributed by atoms with Crippen LogP contribution in [0.2, 0.25) is 0 Å². The lowest BCUT2D eigenvalue weighted by molar-refractivity contribution is -0.144. The summed E-state index contributed by atoms with van der Waals surface area (Å²) in [4.78, 5) is 11.3. The Morgan fingerprint density at radius 3 is 2.59 bits per heavy atom. The number of carbonyl (C=O) groups is 1. The molecular formula is C13H18O3S. The Kier molecular flexibility index (Phi) is 5.35. The fourth-order valence-electron chi connectivity index (χ4n) is 1.42. The summed E-state index contributed by atoms with van der Waals surface area (Å²) < 4.78 is 16.7. The van der Waals surface area contributed by atoms with Gasteiger partial charge in [0, 0.05) is 16.6 Å².